The van der Waals surface area contributed by atoms with Crippen LogP contribution in [0.25, 0.3) is 53.2 Å². The van der Waals surface area contributed by atoms with E-state index in [2.05, 4.69) is 169 Å². The first-order valence-corrected chi connectivity index (χ1v) is 15.1. The van der Waals surface area contributed by atoms with Crippen molar-refractivity contribution in [2.75, 3.05) is 4.90 Å². The highest BCUT2D eigenvalue weighted by Gasteiger charge is 2.19. The summed E-state index contributed by atoms with van der Waals surface area (Å²) in [7, 11) is 0. The maximum absolute atomic E-state index is 2.41. The molecule has 0 radical (unpaired) electrons. The zero-order valence-electron chi connectivity index (χ0n) is 22.9. The van der Waals surface area contributed by atoms with E-state index in [1.54, 1.807) is 0 Å². The predicted octanol–water partition coefficient (Wildman–Crippen LogP) is 12.0. The molecule has 0 fully saturated rings. The predicted molar refractivity (Wildman–Crippen MR) is 182 cm³/mol. The number of nitrogens with zero attached hydrogens (tertiary/aromatic N) is 1. The van der Waals surface area contributed by atoms with Gasteiger partial charge in [-0.15, -0.1) is 11.3 Å². The lowest BCUT2D eigenvalue weighted by Gasteiger charge is -2.28. The summed E-state index contributed by atoms with van der Waals surface area (Å²) in [6.45, 7) is 0. The lowest BCUT2D eigenvalue weighted by molar-refractivity contribution is 1.31. The minimum absolute atomic E-state index is 1.14. The molecule has 0 unspecified atom stereocenters. The summed E-state index contributed by atoms with van der Waals surface area (Å²) < 4.78 is 0. The van der Waals surface area contributed by atoms with Crippen molar-refractivity contribution in [3.63, 3.8) is 0 Å². The Hall–Kier alpha value is -5.18. The number of anilines is 3. The average molecular weight is 554 g/mol. The van der Waals surface area contributed by atoms with Crippen molar-refractivity contribution in [1.29, 1.82) is 0 Å². The van der Waals surface area contributed by atoms with Crippen molar-refractivity contribution in [3.05, 3.63) is 164 Å². The van der Waals surface area contributed by atoms with E-state index in [1.165, 1.54) is 64.6 Å². The molecular weight excluding hydrogens is 527 g/mol. The fourth-order valence-corrected chi connectivity index (χ4v) is 7.10. The fraction of sp³-hybridized carbons (Fsp3) is 0. The van der Waals surface area contributed by atoms with E-state index in [1.807, 2.05) is 11.3 Å². The largest absolute Gasteiger partial charge is 0.309 e. The molecule has 0 N–H and O–H groups in total. The van der Waals surface area contributed by atoms with Crippen molar-refractivity contribution in [2.24, 2.45) is 0 Å². The Morgan fingerprint density at radius 2 is 1.02 bits per heavy atom. The summed E-state index contributed by atoms with van der Waals surface area (Å²) in [6.07, 6.45) is 0. The molecule has 0 saturated carbocycles. The third-order valence-electron chi connectivity index (χ3n) is 8.07. The first kappa shape index (κ1) is 24.6. The standard InChI is InChI=1S/C40H27NS/c1-2-15-32(16-3-1)41(37-20-10-14-29-12-6-7-17-33(29)37)38-24-23-36(34-18-8-9-19-35(34)38)40-26-25-39(42-40)31-22-21-28-11-4-5-13-30(28)27-31/h1-27H. The number of hydrogen-bond donors (Lipinski definition) is 0. The number of thiophene rings is 1. The molecule has 0 aliphatic heterocycles. The summed E-state index contributed by atoms with van der Waals surface area (Å²) in [5, 5.41) is 7.49. The van der Waals surface area contributed by atoms with Crippen LogP contribution < -0.4 is 4.90 Å². The van der Waals surface area contributed by atoms with Gasteiger partial charge in [0.05, 0.1) is 11.4 Å². The molecule has 1 aromatic heterocycles. The molecule has 0 saturated heterocycles. The number of rotatable bonds is 5. The Labute approximate surface area is 249 Å². The van der Waals surface area contributed by atoms with E-state index < -0.39 is 0 Å². The zero-order chi connectivity index (χ0) is 27.9. The van der Waals surface area contributed by atoms with E-state index >= 15 is 0 Å². The first-order valence-electron chi connectivity index (χ1n) is 14.3. The van der Waals surface area contributed by atoms with Crippen LogP contribution in [0.3, 0.4) is 0 Å². The minimum Gasteiger partial charge on any atom is -0.309 e. The van der Waals surface area contributed by atoms with Crippen LogP contribution in [0.15, 0.2) is 164 Å². The highest BCUT2D eigenvalue weighted by atomic mass is 32.1. The highest BCUT2D eigenvalue weighted by Crippen LogP contribution is 2.45. The average Bonchev–Trinajstić information content (AvgIpc) is 3.56. The third kappa shape index (κ3) is 4.25. The SMILES string of the molecule is c1ccc(N(c2cccc3ccccc23)c2ccc(-c3ccc(-c4ccc5ccccc5c4)s3)c3ccccc23)cc1. The molecule has 0 bridgehead atoms. The van der Waals surface area contributed by atoms with Gasteiger partial charge in [-0.3, -0.25) is 0 Å². The molecular formula is C40H27NS. The minimum atomic E-state index is 1.14. The molecule has 0 atom stereocenters. The van der Waals surface area contributed by atoms with E-state index in [0.29, 0.717) is 0 Å². The maximum atomic E-state index is 2.41. The topological polar surface area (TPSA) is 3.24 Å². The fourth-order valence-electron chi connectivity index (χ4n) is 6.06. The lowest BCUT2D eigenvalue weighted by atomic mass is 9.99. The van der Waals surface area contributed by atoms with Crippen molar-refractivity contribution in [1.82, 2.24) is 0 Å². The van der Waals surface area contributed by atoms with Crippen LogP contribution in [0.1, 0.15) is 0 Å². The molecule has 0 amide bonds. The molecule has 2 heteroatoms. The highest BCUT2D eigenvalue weighted by molar-refractivity contribution is 7.18. The van der Waals surface area contributed by atoms with Crippen LogP contribution in [0.2, 0.25) is 0 Å². The summed E-state index contributed by atoms with van der Waals surface area (Å²) in [5.41, 5.74) is 6.01. The van der Waals surface area contributed by atoms with Crippen LogP contribution in [-0.4, -0.2) is 0 Å². The third-order valence-corrected chi connectivity index (χ3v) is 9.24. The van der Waals surface area contributed by atoms with E-state index in [4.69, 9.17) is 0 Å². The van der Waals surface area contributed by atoms with Crippen LogP contribution in [-0.2, 0) is 0 Å². The van der Waals surface area contributed by atoms with Gasteiger partial charge in [-0.25, -0.2) is 0 Å². The van der Waals surface area contributed by atoms with Gasteiger partial charge in [0.2, 0.25) is 0 Å². The molecule has 7 aromatic carbocycles. The number of fused-ring (bicyclic) bond motifs is 3. The maximum Gasteiger partial charge on any atom is 0.0540 e. The Bertz CT molecular complexity index is 2200. The Balaban J connectivity index is 1.29. The zero-order valence-corrected chi connectivity index (χ0v) is 23.8. The van der Waals surface area contributed by atoms with Crippen LogP contribution in [0.5, 0.6) is 0 Å². The molecule has 0 aliphatic carbocycles. The van der Waals surface area contributed by atoms with E-state index in [0.717, 1.165) is 5.69 Å². The Morgan fingerprint density at radius 1 is 0.381 bits per heavy atom. The normalized spacial score (nSPS) is 11.3. The first-order chi connectivity index (χ1) is 20.8. The van der Waals surface area contributed by atoms with Gasteiger partial charge >= 0.3 is 0 Å². The summed E-state index contributed by atoms with van der Waals surface area (Å²) >= 11 is 1.86. The van der Waals surface area contributed by atoms with Crippen molar-refractivity contribution in [3.8, 4) is 20.9 Å². The van der Waals surface area contributed by atoms with Crippen molar-refractivity contribution < 1.29 is 0 Å². The molecule has 1 heterocycles. The van der Waals surface area contributed by atoms with Crippen molar-refractivity contribution in [2.45, 2.75) is 0 Å². The van der Waals surface area contributed by atoms with Gasteiger partial charge < -0.3 is 4.90 Å². The monoisotopic (exact) mass is 553 g/mol. The second kappa shape index (κ2) is 10.3. The summed E-state index contributed by atoms with van der Waals surface area (Å²) in [6, 6.07) is 59.2. The Kier molecular flexibility index (Phi) is 6.05. The molecule has 198 valence electrons. The van der Waals surface area contributed by atoms with Gasteiger partial charge in [-0.1, -0.05) is 121 Å². The number of para-hydroxylation sites is 1. The molecule has 0 spiro atoms. The van der Waals surface area contributed by atoms with Crippen LogP contribution >= 0.6 is 11.3 Å². The van der Waals surface area contributed by atoms with Gasteiger partial charge in [-0.2, -0.15) is 0 Å². The molecule has 8 rings (SSSR count). The summed E-state index contributed by atoms with van der Waals surface area (Å²) in [4.78, 5) is 4.96. The second-order valence-electron chi connectivity index (χ2n) is 10.6. The van der Waals surface area contributed by atoms with Crippen LogP contribution in [0.4, 0.5) is 17.1 Å². The van der Waals surface area contributed by atoms with Gasteiger partial charge in [-0.05, 0) is 75.1 Å². The van der Waals surface area contributed by atoms with E-state index in [-0.39, 0.29) is 0 Å². The molecule has 8 aromatic rings. The van der Waals surface area contributed by atoms with E-state index in [9.17, 15) is 0 Å². The number of hydrogen-bond acceptors (Lipinski definition) is 2. The van der Waals surface area contributed by atoms with Gasteiger partial charge in [0.1, 0.15) is 0 Å². The molecule has 1 nitrogen and oxygen atoms in total. The molecule has 0 aliphatic rings. The van der Waals surface area contributed by atoms with Gasteiger partial charge in [0.25, 0.3) is 0 Å². The summed E-state index contributed by atoms with van der Waals surface area (Å²) in [5.74, 6) is 0. The van der Waals surface area contributed by atoms with Crippen molar-refractivity contribution >= 4 is 60.7 Å². The lowest BCUT2D eigenvalue weighted by Crippen LogP contribution is -2.11. The smallest absolute Gasteiger partial charge is 0.0540 e. The second-order valence-corrected chi connectivity index (χ2v) is 11.7. The number of benzene rings is 7. The van der Waals surface area contributed by atoms with Crippen LogP contribution in [0, 0.1) is 0 Å². The Morgan fingerprint density at radius 3 is 1.88 bits per heavy atom. The quantitative estimate of drug-likeness (QED) is 0.205. The van der Waals surface area contributed by atoms with Gasteiger partial charge in [0.15, 0.2) is 0 Å². The molecule has 42 heavy (non-hydrogen) atoms. The van der Waals surface area contributed by atoms with Gasteiger partial charge in [0, 0.05) is 26.2 Å².